The molecule has 226 valence electrons. The molecule has 11 heteroatoms. The number of hydrogen-bond acceptors (Lipinski definition) is 7. The maximum atomic E-state index is 13.4. The molecule has 0 radical (unpaired) electrons. The number of carbonyl (C=O) groups is 3. The quantitative estimate of drug-likeness (QED) is 0.217. The lowest BCUT2D eigenvalue weighted by Gasteiger charge is -2.37. The minimum Gasteiger partial charge on any atom is -0.543 e. The minimum absolute atomic E-state index is 0.0234. The molecule has 3 rings (SSSR count). The summed E-state index contributed by atoms with van der Waals surface area (Å²) in [6.45, 7) is 10.8. The number of hydrogen-bond donors (Lipinski definition) is 1. The van der Waals surface area contributed by atoms with Crippen LogP contribution in [0.2, 0.25) is 28.2 Å². The molecule has 0 bridgehead atoms. The van der Waals surface area contributed by atoms with Crippen molar-refractivity contribution in [1.82, 2.24) is 0 Å². The van der Waals surface area contributed by atoms with E-state index in [0.717, 1.165) is 11.3 Å². The van der Waals surface area contributed by atoms with Crippen molar-refractivity contribution in [3.63, 3.8) is 0 Å². The van der Waals surface area contributed by atoms with Crippen LogP contribution in [0, 0.1) is 5.92 Å². The highest BCUT2D eigenvalue weighted by atomic mass is 35.5. The van der Waals surface area contributed by atoms with Crippen LogP contribution in [0.5, 0.6) is 5.75 Å². The number of nitrogens with zero attached hydrogens (tertiary/aromatic N) is 1. The molecule has 2 aromatic carbocycles. The lowest BCUT2D eigenvalue weighted by molar-refractivity contribution is -0.143. The fourth-order valence-electron chi connectivity index (χ4n) is 4.70. The summed E-state index contributed by atoms with van der Waals surface area (Å²) in [4.78, 5) is 43.1. The molecule has 0 saturated carbocycles. The molecule has 0 fully saturated rings. The first-order valence-corrected chi connectivity index (χ1v) is 17.2. The van der Waals surface area contributed by atoms with Crippen molar-refractivity contribution < 1.29 is 33.4 Å². The zero-order valence-corrected chi connectivity index (χ0v) is 27.4. The van der Waals surface area contributed by atoms with Crippen molar-refractivity contribution in [1.29, 1.82) is 0 Å². The molecule has 1 heterocycles. The van der Waals surface area contributed by atoms with Gasteiger partial charge in [-0.05, 0) is 60.3 Å². The normalized spacial score (nSPS) is 17.4. The fraction of sp³-hybridized carbons (Fsp3) is 0.419. The number of aliphatic imine (C=N–C) groups is 1. The van der Waals surface area contributed by atoms with E-state index in [-0.39, 0.29) is 44.0 Å². The standard InChI is InChI=1S/C31H37Cl2NO7Si/c1-31(2,3)42(6,7)41-23-14-9-8-11-18(23)15-16-21-26(29(37)39-4)28(25-19(32)12-10-13-20(25)33)27(30(38)40-5)22(34-21)17-24(35)36/h8-14,27-28H,15-17H2,1-7H3,(H,35,36). The number of carbonyl (C=O) groups excluding carboxylic acids is 2. The Morgan fingerprint density at radius 2 is 1.57 bits per heavy atom. The van der Waals surface area contributed by atoms with Crippen molar-refractivity contribution >= 4 is 55.1 Å². The van der Waals surface area contributed by atoms with Crippen LogP contribution < -0.4 is 4.43 Å². The Morgan fingerprint density at radius 3 is 2.12 bits per heavy atom. The van der Waals surface area contributed by atoms with Crippen molar-refractivity contribution in [3.05, 3.63) is 74.9 Å². The summed E-state index contributed by atoms with van der Waals surface area (Å²) >= 11 is 13.2. The highest BCUT2D eigenvalue weighted by Gasteiger charge is 2.46. The number of benzene rings is 2. The Bertz CT molecular complexity index is 1410. The highest BCUT2D eigenvalue weighted by molar-refractivity contribution is 6.74. The van der Waals surface area contributed by atoms with E-state index in [9.17, 15) is 19.5 Å². The number of carboxylic acid groups (broad SMARTS) is 1. The summed E-state index contributed by atoms with van der Waals surface area (Å²) in [5.41, 5.74) is 1.56. The molecular formula is C31H37Cl2NO7Si. The Hall–Kier alpha value is -3.14. The third kappa shape index (κ3) is 7.25. The molecule has 0 saturated heterocycles. The van der Waals surface area contributed by atoms with E-state index in [1.54, 1.807) is 18.2 Å². The third-order valence-electron chi connectivity index (χ3n) is 7.87. The van der Waals surface area contributed by atoms with E-state index in [0.29, 0.717) is 6.42 Å². The van der Waals surface area contributed by atoms with Crippen molar-refractivity contribution in [2.24, 2.45) is 10.9 Å². The van der Waals surface area contributed by atoms with E-state index in [4.69, 9.17) is 37.1 Å². The molecule has 0 spiro atoms. The van der Waals surface area contributed by atoms with Crippen molar-refractivity contribution in [2.75, 3.05) is 14.2 Å². The molecule has 2 unspecified atom stereocenters. The number of carboxylic acids is 1. The SMILES string of the molecule is COC(=O)C1=C(CCc2ccccc2O[Si](C)(C)C(C)(C)C)N=C(CC(=O)O)C(C(=O)OC)C1c1c(Cl)cccc1Cl. The molecule has 42 heavy (non-hydrogen) atoms. The van der Waals surface area contributed by atoms with Gasteiger partial charge in [0, 0.05) is 21.7 Å². The van der Waals surface area contributed by atoms with Gasteiger partial charge in [0.25, 0.3) is 0 Å². The Kier molecular flexibility index (Phi) is 10.7. The highest BCUT2D eigenvalue weighted by Crippen LogP contribution is 2.47. The van der Waals surface area contributed by atoms with Crippen LogP contribution in [0.15, 0.2) is 58.7 Å². The maximum absolute atomic E-state index is 13.4. The summed E-state index contributed by atoms with van der Waals surface area (Å²) in [6, 6.07) is 12.5. The van der Waals surface area contributed by atoms with Crippen LogP contribution in [0.3, 0.4) is 0 Å². The fourth-order valence-corrected chi connectivity index (χ4v) is 6.39. The number of para-hydroxylation sites is 1. The van der Waals surface area contributed by atoms with Crippen molar-refractivity contribution in [2.45, 2.75) is 64.1 Å². The Balaban J connectivity index is 2.21. The van der Waals surface area contributed by atoms with Crippen LogP contribution in [0.4, 0.5) is 0 Å². The predicted molar refractivity (Wildman–Crippen MR) is 166 cm³/mol. The van der Waals surface area contributed by atoms with Gasteiger partial charge in [-0.1, -0.05) is 68.2 Å². The molecule has 2 aromatic rings. The van der Waals surface area contributed by atoms with Crippen molar-refractivity contribution in [3.8, 4) is 5.75 Å². The predicted octanol–water partition coefficient (Wildman–Crippen LogP) is 7.24. The molecular weight excluding hydrogens is 597 g/mol. The first kappa shape index (κ1) is 33.4. The number of halogens is 2. The molecule has 0 amide bonds. The van der Waals surface area contributed by atoms with Gasteiger partial charge in [0.2, 0.25) is 8.32 Å². The van der Waals surface area contributed by atoms with Gasteiger partial charge in [-0.3, -0.25) is 14.6 Å². The maximum Gasteiger partial charge on any atom is 0.336 e. The Labute approximate surface area is 257 Å². The van der Waals surface area contributed by atoms with Crippen LogP contribution in [-0.2, 0) is 30.3 Å². The van der Waals surface area contributed by atoms with E-state index < -0.39 is 44.5 Å². The monoisotopic (exact) mass is 633 g/mol. The van der Waals surface area contributed by atoms with E-state index in [1.165, 1.54) is 14.2 Å². The van der Waals surface area contributed by atoms with Crippen LogP contribution in [-0.4, -0.2) is 51.3 Å². The molecule has 2 atom stereocenters. The number of aryl methyl sites for hydroxylation is 1. The second-order valence-electron chi connectivity index (χ2n) is 11.6. The number of rotatable bonds is 10. The topological polar surface area (TPSA) is 111 Å². The van der Waals surface area contributed by atoms with Gasteiger partial charge in [-0.15, -0.1) is 0 Å². The minimum atomic E-state index is -2.17. The summed E-state index contributed by atoms with van der Waals surface area (Å²) in [7, 11) is 0.244. The largest absolute Gasteiger partial charge is 0.543 e. The number of ether oxygens (including phenoxy) is 2. The second-order valence-corrected chi connectivity index (χ2v) is 17.1. The van der Waals surface area contributed by atoms with Gasteiger partial charge in [0.1, 0.15) is 11.7 Å². The lowest BCUT2D eigenvalue weighted by Crippen LogP contribution is -2.44. The van der Waals surface area contributed by atoms with Gasteiger partial charge in [0.05, 0.1) is 31.9 Å². The summed E-state index contributed by atoms with van der Waals surface area (Å²) in [6.07, 6.45) is 0.0790. The van der Waals surface area contributed by atoms with Crippen LogP contribution in [0.1, 0.15) is 50.7 Å². The zero-order valence-electron chi connectivity index (χ0n) is 24.9. The number of allylic oxidation sites excluding steroid dienone is 1. The summed E-state index contributed by atoms with van der Waals surface area (Å²) in [5, 5.41) is 10.1. The summed E-state index contributed by atoms with van der Waals surface area (Å²) in [5.74, 6) is -4.32. The van der Waals surface area contributed by atoms with Crippen LogP contribution >= 0.6 is 23.2 Å². The van der Waals surface area contributed by atoms with E-state index in [1.807, 2.05) is 24.3 Å². The molecule has 1 N–H and O–H groups in total. The average Bonchev–Trinajstić information content (AvgIpc) is 2.90. The molecule has 1 aliphatic rings. The van der Waals surface area contributed by atoms with Gasteiger partial charge in [-0.25, -0.2) is 4.79 Å². The first-order valence-electron chi connectivity index (χ1n) is 13.5. The van der Waals surface area contributed by atoms with E-state index in [2.05, 4.69) is 38.9 Å². The molecule has 0 aromatic heterocycles. The molecule has 1 aliphatic heterocycles. The number of aliphatic carboxylic acids is 1. The summed E-state index contributed by atoms with van der Waals surface area (Å²) < 4.78 is 16.8. The lowest BCUT2D eigenvalue weighted by atomic mass is 9.74. The smallest absolute Gasteiger partial charge is 0.336 e. The van der Waals surface area contributed by atoms with Gasteiger partial charge in [-0.2, -0.15) is 0 Å². The van der Waals surface area contributed by atoms with Crippen LogP contribution in [0.25, 0.3) is 0 Å². The average molecular weight is 635 g/mol. The number of methoxy groups -OCH3 is 2. The second kappa shape index (κ2) is 13.4. The van der Waals surface area contributed by atoms with Gasteiger partial charge < -0.3 is 19.0 Å². The van der Waals surface area contributed by atoms with Gasteiger partial charge in [0.15, 0.2) is 0 Å². The first-order chi connectivity index (χ1) is 19.6. The third-order valence-corrected chi connectivity index (χ3v) is 12.9. The number of esters is 2. The zero-order chi connectivity index (χ0) is 31.4. The molecule has 0 aliphatic carbocycles. The van der Waals surface area contributed by atoms with E-state index >= 15 is 0 Å². The molecule has 8 nitrogen and oxygen atoms in total. The van der Waals surface area contributed by atoms with Gasteiger partial charge >= 0.3 is 17.9 Å². The Morgan fingerprint density at radius 1 is 0.952 bits per heavy atom.